The van der Waals surface area contributed by atoms with Crippen LogP contribution in [0.2, 0.25) is 0 Å². The topological polar surface area (TPSA) is 132 Å². The zero-order chi connectivity index (χ0) is 19.7. The molecule has 0 spiro atoms. The number of amides is 2. The van der Waals surface area contributed by atoms with Crippen LogP contribution < -0.4 is 27.0 Å². The summed E-state index contributed by atoms with van der Waals surface area (Å²) >= 11 is 1.20. The summed E-state index contributed by atoms with van der Waals surface area (Å²) in [5, 5.41) is -0.457. The molecule has 0 saturated heterocycles. The lowest BCUT2D eigenvalue weighted by molar-refractivity contribution is -0.117. The van der Waals surface area contributed by atoms with Crippen LogP contribution in [-0.4, -0.2) is 29.9 Å². The Morgan fingerprint density at radius 3 is 2.56 bits per heavy atom. The van der Waals surface area contributed by atoms with Crippen molar-refractivity contribution in [3.63, 3.8) is 0 Å². The molecule has 0 bridgehead atoms. The number of carbonyl (C=O) groups excluding carboxylic acids is 2. The lowest BCUT2D eigenvalue weighted by atomic mass is 10.0. The highest BCUT2D eigenvalue weighted by atomic mass is 32.2. The first-order valence-electron chi connectivity index (χ1n) is 8.51. The fraction of sp³-hybridized carbons (Fsp3) is 0.333. The van der Waals surface area contributed by atoms with Crippen molar-refractivity contribution in [3.8, 4) is 0 Å². The van der Waals surface area contributed by atoms with Gasteiger partial charge in [0.05, 0.1) is 29.1 Å². The molecule has 0 fully saturated rings. The highest BCUT2D eigenvalue weighted by Gasteiger charge is 2.35. The van der Waals surface area contributed by atoms with Crippen LogP contribution in [0, 0.1) is 0 Å². The van der Waals surface area contributed by atoms with Gasteiger partial charge in [0.2, 0.25) is 5.91 Å². The predicted molar refractivity (Wildman–Crippen MR) is 106 cm³/mol. The summed E-state index contributed by atoms with van der Waals surface area (Å²) in [5.41, 5.74) is 18.8. The Morgan fingerprint density at radius 2 is 1.96 bits per heavy atom. The van der Waals surface area contributed by atoms with E-state index in [0.717, 1.165) is 5.56 Å². The zero-order valence-corrected chi connectivity index (χ0v) is 16.0. The van der Waals surface area contributed by atoms with Gasteiger partial charge in [-0.1, -0.05) is 6.07 Å². The van der Waals surface area contributed by atoms with Crippen molar-refractivity contribution >= 4 is 35.0 Å². The Morgan fingerprint density at radius 1 is 1.22 bits per heavy atom. The molecule has 6 N–H and O–H groups in total. The van der Waals surface area contributed by atoms with Crippen LogP contribution >= 0.6 is 11.8 Å². The third-order valence-electron chi connectivity index (χ3n) is 4.39. The Labute approximate surface area is 161 Å². The number of hydrogen-bond donors (Lipinski definition) is 3. The Bertz CT molecular complexity index is 840. The first kappa shape index (κ1) is 19.4. The molecule has 9 heteroatoms. The van der Waals surface area contributed by atoms with E-state index in [4.69, 9.17) is 21.6 Å². The van der Waals surface area contributed by atoms with Gasteiger partial charge in [0.15, 0.2) is 5.76 Å². The van der Waals surface area contributed by atoms with Crippen molar-refractivity contribution in [1.82, 2.24) is 0 Å². The first-order chi connectivity index (χ1) is 12.8. The van der Waals surface area contributed by atoms with E-state index in [-0.39, 0.29) is 23.6 Å². The van der Waals surface area contributed by atoms with E-state index >= 15 is 0 Å². The number of furan rings is 1. The number of fused-ring (bicyclic) bond motifs is 1. The van der Waals surface area contributed by atoms with Crippen molar-refractivity contribution in [2.24, 2.45) is 17.2 Å². The molecular formula is C18H23N5O3S. The number of benzene rings is 1. The Kier molecular flexibility index (Phi) is 5.56. The minimum Gasteiger partial charge on any atom is -0.459 e. The third-order valence-corrected chi connectivity index (χ3v) is 5.27. The van der Waals surface area contributed by atoms with E-state index < -0.39 is 10.9 Å². The van der Waals surface area contributed by atoms with Crippen molar-refractivity contribution in [2.45, 2.75) is 30.8 Å². The maximum Gasteiger partial charge on any atom is 0.294 e. The average Bonchev–Trinajstić information content (AvgIpc) is 3.13. The number of anilines is 2. The molecule has 0 saturated carbocycles. The second kappa shape index (κ2) is 7.73. The number of nitrogens with zero attached hydrogens (tertiary/aromatic N) is 2. The highest BCUT2D eigenvalue weighted by Crippen LogP contribution is 2.39. The first-order valence-corrected chi connectivity index (χ1v) is 9.45. The summed E-state index contributed by atoms with van der Waals surface area (Å²) in [4.78, 5) is 28.4. The van der Waals surface area contributed by atoms with Gasteiger partial charge in [0.1, 0.15) is 5.50 Å². The molecule has 27 heavy (non-hydrogen) atoms. The SMILES string of the molecule is CC(=O)N1c2ccc(C(N)SC(N)N)cc2N(C(=O)c2ccco2)C[C@@H]1C. The molecule has 2 aromatic rings. The van der Waals surface area contributed by atoms with E-state index in [1.807, 2.05) is 13.0 Å². The van der Waals surface area contributed by atoms with Crippen LogP contribution in [0.3, 0.4) is 0 Å². The van der Waals surface area contributed by atoms with E-state index in [0.29, 0.717) is 17.9 Å². The van der Waals surface area contributed by atoms with Gasteiger partial charge in [-0.25, -0.2) is 0 Å². The lowest BCUT2D eigenvalue weighted by Gasteiger charge is -2.40. The van der Waals surface area contributed by atoms with Gasteiger partial charge in [-0.3, -0.25) is 9.59 Å². The Hall–Kier alpha value is -2.33. The molecule has 8 nitrogen and oxygen atoms in total. The molecule has 144 valence electrons. The zero-order valence-electron chi connectivity index (χ0n) is 15.2. The molecule has 1 aliphatic heterocycles. The summed E-state index contributed by atoms with van der Waals surface area (Å²) < 4.78 is 5.27. The molecule has 0 radical (unpaired) electrons. The molecule has 1 unspecified atom stereocenters. The fourth-order valence-electron chi connectivity index (χ4n) is 3.27. The molecule has 0 aliphatic carbocycles. The summed E-state index contributed by atoms with van der Waals surface area (Å²) in [5.74, 6) is -0.132. The molecule has 1 aromatic heterocycles. The van der Waals surface area contributed by atoms with E-state index in [1.165, 1.54) is 24.9 Å². The van der Waals surface area contributed by atoms with Crippen molar-refractivity contribution < 1.29 is 14.0 Å². The average molecular weight is 389 g/mol. The van der Waals surface area contributed by atoms with Gasteiger partial charge in [-0.15, -0.1) is 11.8 Å². The molecule has 2 amide bonds. The van der Waals surface area contributed by atoms with Gasteiger partial charge >= 0.3 is 0 Å². The smallest absolute Gasteiger partial charge is 0.294 e. The van der Waals surface area contributed by atoms with Crippen LogP contribution in [-0.2, 0) is 4.79 Å². The standard InChI is InChI=1S/C18H23N5O3S/c1-10-9-22(17(25)15-4-3-7-26-15)14-8-12(16(19)27-18(20)21)5-6-13(14)23(10)11(2)24/h3-8,10,16,18H,9,19-21H2,1-2H3/t10-,16?/m0/s1. The third kappa shape index (κ3) is 3.86. The Balaban J connectivity index is 2.06. The van der Waals surface area contributed by atoms with Gasteiger partial charge in [0.25, 0.3) is 5.91 Å². The maximum absolute atomic E-state index is 13.0. The van der Waals surface area contributed by atoms with Gasteiger partial charge in [-0.2, -0.15) is 0 Å². The van der Waals surface area contributed by atoms with Crippen LogP contribution in [0.25, 0.3) is 0 Å². The van der Waals surface area contributed by atoms with Gasteiger partial charge in [-0.05, 0) is 36.8 Å². The molecular weight excluding hydrogens is 366 g/mol. The van der Waals surface area contributed by atoms with Crippen LogP contribution in [0.4, 0.5) is 11.4 Å². The normalized spacial score (nSPS) is 17.8. The molecule has 1 aromatic carbocycles. The minimum absolute atomic E-state index is 0.0933. The number of rotatable bonds is 4. The van der Waals surface area contributed by atoms with E-state index in [1.54, 1.807) is 34.1 Å². The number of nitrogens with two attached hydrogens (primary N) is 3. The van der Waals surface area contributed by atoms with Gasteiger partial charge < -0.3 is 31.4 Å². The van der Waals surface area contributed by atoms with Gasteiger partial charge in [0, 0.05) is 13.5 Å². The summed E-state index contributed by atoms with van der Waals surface area (Å²) in [6.07, 6.45) is 1.45. The number of thioether (sulfide) groups is 1. The second-order valence-corrected chi connectivity index (χ2v) is 7.72. The maximum atomic E-state index is 13.0. The second-order valence-electron chi connectivity index (χ2n) is 6.40. The fourth-order valence-corrected chi connectivity index (χ4v) is 3.91. The van der Waals surface area contributed by atoms with Crippen molar-refractivity contribution in [1.29, 1.82) is 0 Å². The monoisotopic (exact) mass is 389 g/mol. The quantitative estimate of drug-likeness (QED) is 0.676. The molecule has 2 atom stereocenters. The van der Waals surface area contributed by atoms with Crippen LogP contribution in [0.1, 0.15) is 35.3 Å². The van der Waals surface area contributed by atoms with Crippen molar-refractivity contribution in [2.75, 3.05) is 16.3 Å². The molecule has 3 rings (SSSR count). The number of hydrogen-bond acceptors (Lipinski definition) is 7. The molecule has 2 heterocycles. The number of carbonyl (C=O) groups is 2. The molecule has 1 aliphatic rings. The van der Waals surface area contributed by atoms with Crippen LogP contribution in [0.15, 0.2) is 41.0 Å². The summed E-state index contributed by atoms with van der Waals surface area (Å²) in [6, 6.07) is 8.52. The highest BCUT2D eigenvalue weighted by molar-refractivity contribution is 8.00. The minimum atomic E-state index is -0.620. The lowest BCUT2D eigenvalue weighted by Crippen LogP contribution is -2.51. The van der Waals surface area contributed by atoms with Crippen LogP contribution in [0.5, 0.6) is 0 Å². The van der Waals surface area contributed by atoms with E-state index in [9.17, 15) is 9.59 Å². The summed E-state index contributed by atoms with van der Waals surface area (Å²) in [7, 11) is 0. The summed E-state index contributed by atoms with van der Waals surface area (Å²) in [6.45, 7) is 3.75. The largest absolute Gasteiger partial charge is 0.459 e. The predicted octanol–water partition coefficient (Wildman–Crippen LogP) is 1.57. The van der Waals surface area contributed by atoms with Crippen molar-refractivity contribution in [3.05, 3.63) is 47.9 Å². The van der Waals surface area contributed by atoms with E-state index in [2.05, 4.69) is 0 Å².